The van der Waals surface area contributed by atoms with Gasteiger partial charge in [0.15, 0.2) is 0 Å². The number of hydrogen-bond acceptors (Lipinski definition) is 12. The summed E-state index contributed by atoms with van der Waals surface area (Å²) in [4.78, 5) is 166. The maximum atomic E-state index is 14.7. The first kappa shape index (κ1) is 72.6. The van der Waals surface area contributed by atoms with Crippen molar-refractivity contribution < 1.29 is 57.5 Å². The van der Waals surface area contributed by atoms with Gasteiger partial charge in [0.05, 0.1) is 5.60 Å². The normalized spacial score (nSPS) is 25.2. The molecule has 0 spiro atoms. The molecule has 1 aliphatic rings. The topological polar surface area (TPSA) is 268 Å². The van der Waals surface area contributed by atoms with Gasteiger partial charge in [0.1, 0.15) is 54.0 Å². The van der Waals surface area contributed by atoms with Crippen molar-refractivity contribution in [3.05, 3.63) is 24.4 Å². The van der Waals surface area contributed by atoms with Crippen LogP contribution in [0.5, 0.6) is 0 Å². The van der Waals surface area contributed by atoms with E-state index in [2.05, 4.69) is 27.8 Å². The van der Waals surface area contributed by atoms with E-state index in [1.54, 1.807) is 34.6 Å². The second-order valence-electron chi connectivity index (χ2n) is 24.1. The molecule has 0 aliphatic carbocycles. The van der Waals surface area contributed by atoms with Gasteiger partial charge in [-0.15, -0.1) is 0 Å². The van der Waals surface area contributed by atoms with Crippen LogP contribution in [0.15, 0.2) is 24.4 Å². The van der Waals surface area contributed by atoms with Gasteiger partial charge in [-0.05, 0) is 95.8 Å². The second kappa shape index (κ2) is 32.3. The van der Waals surface area contributed by atoms with E-state index in [1.807, 2.05) is 67.5 Å². The second-order valence-corrected chi connectivity index (χ2v) is 24.1. The SMILES string of the molecule is C=C1C(=O)N(C)[C@@H](CC(C)(C)OC)C(=O)NC(C(C)C)C(=O)N(C)[C@@H](CC(C)C)C(=O)N[C@H](C)C(=O)NC(=O)N(C)[C@H](CC(C)C)C(=O)N(C)[C@@H](CC(C)C)C(=O)N(C)C(=O)N(C)C(C[C@H](C)C/C=C/C)C(=O)N[C@@H](CC)C(=O)N1C. The summed E-state index contributed by atoms with van der Waals surface area (Å²) in [6.45, 7) is 28.4. The monoisotopic (exact) mass is 1140 g/mol. The third-order valence-corrected chi connectivity index (χ3v) is 15.0. The third kappa shape index (κ3) is 20.5. The molecule has 1 rings (SSSR count). The smallest absolute Gasteiger partial charge is 0.326 e. The fourth-order valence-electron chi connectivity index (χ4n) is 9.36. The Hall–Kier alpha value is -6.39. The van der Waals surface area contributed by atoms with Crippen LogP contribution in [0.4, 0.5) is 9.59 Å². The third-order valence-electron chi connectivity index (χ3n) is 15.0. The van der Waals surface area contributed by atoms with E-state index in [0.29, 0.717) is 6.42 Å². The van der Waals surface area contributed by atoms with Gasteiger partial charge in [0.25, 0.3) is 11.8 Å². The standard InChI is InChI=1S/C58H101N11O12/c1-24-26-27-37(11)31-42-49(72)60-40(25-2)52(75)63(16)39(13)51(74)66(19)45(32-58(14,15)81-23)50(73)61-46(36(9)10)55(78)64(17)41(28-33(3)4)48(71)59-38(12)47(70)62-56(79)67(20)44(30-35(7)8)53(76)65(18)43(29-34(5)6)54(77)69(22)57(80)68(42)21/h24,26,33-38,40-46H,13,25,27-32H2,1-12,14-23H3,(H,59,71)(H,60,72)(H,61,73)(H,62,70,79)/b26-24+/t37-,38-,40+,41+,42?,43+,44-,45+,46?/m1/s1. The van der Waals surface area contributed by atoms with E-state index < -0.39 is 125 Å². The highest BCUT2D eigenvalue weighted by molar-refractivity contribution is 6.04. The van der Waals surface area contributed by atoms with Crippen molar-refractivity contribution in [1.82, 2.24) is 55.6 Å². The van der Waals surface area contributed by atoms with Crippen molar-refractivity contribution in [2.24, 2.45) is 29.6 Å². The molecule has 0 bridgehead atoms. The summed E-state index contributed by atoms with van der Waals surface area (Å²) in [6, 6.07) is -12.0. The predicted molar refractivity (Wildman–Crippen MR) is 310 cm³/mol. The van der Waals surface area contributed by atoms with Gasteiger partial charge in [-0.3, -0.25) is 53.4 Å². The van der Waals surface area contributed by atoms with E-state index in [4.69, 9.17) is 4.74 Å². The molecule has 23 nitrogen and oxygen atoms in total. The summed E-state index contributed by atoms with van der Waals surface area (Å²) in [6.07, 6.45) is 4.58. The number of ether oxygens (including phenoxy) is 1. The molecule has 1 aliphatic heterocycles. The number of nitrogens with one attached hydrogen (secondary N) is 4. The Morgan fingerprint density at radius 3 is 1.52 bits per heavy atom. The Morgan fingerprint density at radius 2 is 1.04 bits per heavy atom. The molecule has 13 amide bonds. The Balaban J connectivity index is 4.29. The number of rotatable bonds is 15. The predicted octanol–water partition coefficient (Wildman–Crippen LogP) is 4.35. The minimum atomic E-state index is -1.35. The maximum absolute atomic E-state index is 14.7. The molecule has 1 saturated heterocycles. The molecule has 0 aromatic rings. The fraction of sp³-hybridized carbons (Fsp3) is 0.741. The summed E-state index contributed by atoms with van der Waals surface area (Å²) in [5.41, 5.74) is -1.39. The lowest BCUT2D eigenvalue weighted by Crippen LogP contribution is -2.61. The molecule has 9 atom stereocenters. The first-order valence-electron chi connectivity index (χ1n) is 28.3. The van der Waals surface area contributed by atoms with E-state index in [1.165, 1.54) is 73.2 Å². The van der Waals surface area contributed by atoms with Crippen LogP contribution in [0.1, 0.15) is 142 Å². The van der Waals surface area contributed by atoms with Crippen molar-refractivity contribution in [1.29, 1.82) is 0 Å². The number of carbonyl (C=O) groups is 11. The number of nitrogens with zero attached hydrogens (tertiary/aromatic N) is 7. The van der Waals surface area contributed by atoms with Crippen molar-refractivity contribution in [3.63, 3.8) is 0 Å². The zero-order chi connectivity index (χ0) is 62.9. The summed E-state index contributed by atoms with van der Waals surface area (Å²) in [5.74, 6) is -8.20. The molecule has 0 aromatic carbocycles. The average Bonchev–Trinajstić information content (AvgIpc) is 3.41. The Morgan fingerprint density at radius 1 is 0.568 bits per heavy atom. The fourth-order valence-corrected chi connectivity index (χ4v) is 9.36. The van der Waals surface area contributed by atoms with E-state index in [-0.39, 0.29) is 67.9 Å². The molecule has 81 heavy (non-hydrogen) atoms. The molecule has 1 fully saturated rings. The number of allylic oxidation sites excluding steroid dienone is 2. The minimum Gasteiger partial charge on any atom is -0.379 e. The maximum Gasteiger partial charge on any atom is 0.326 e. The van der Waals surface area contributed by atoms with Crippen LogP contribution in [0.3, 0.4) is 0 Å². The quantitative estimate of drug-likeness (QED) is 0.132. The van der Waals surface area contributed by atoms with Gasteiger partial charge in [-0.2, -0.15) is 0 Å². The van der Waals surface area contributed by atoms with E-state index in [0.717, 1.165) is 24.5 Å². The molecule has 0 aromatic heterocycles. The molecular formula is C58H101N11O12. The van der Waals surface area contributed by atoms with Crippen molar-refractivity contribution in [2.45, 2.75) is 196 Å². The van der Waals surface area contributed by atoms with Crippen LogP contribution < -0.4 is 21.3 Å². The van der Waals surface area contributed by atoms with Gasteiger partial charge in [-0.25, -0.2) is 9.59 Å². The number of imide groups is 2. The lowest BCUT2D eigenvalue weighted by atomic mass is 9.95. The van der Waals surface area contributed by atoms with Crippen LogP contribution in [0.25, 0.3) is 0 Å². The van der Waals surface area contributed by atoms with Crippen LogP contribution in [0.2, 0.25) is 0 Å². The minimum absolute atomic E-state index is 0.0240. The number of methoxy groups -OCH3 is 1. The number of carbonyl (C=O) groups excluding carboxylic acids is 11. The van der Waals surface area contributed by atoms with Crippen LogP contribution in [-0.4, -0.2) is 210 Å². The van der Waals surface area contributed by atoms with Gasteiger partial charge < -0.3 is 50.1 Å². The van der Waals surface area contributed by atoms with Crippen LogP contribution in [0, 0.1) is 29.6 Å². The molecule has 0 radical (unpaired) electrons. The average molecular weight is 1140 g/mol. The molecule has 1 heterocycles. The molecular weight excluding hydrogens is 1040 g/mol. The molecule has 2 unspecified atom stereocenters. The largest absolute Gasteiger partial charge is 0.379 e. The first-order chi connectivity index (χ1) is 37.3. The van der Waals surface area contributed by atoms with Gasteiger partial charge in [-0.1, -0.05) is 88.0 Å². The lowest BCUT2D eigenvalue weighted by molar-refractivity contribution is -0.146. The van der Waals surface area contributed by atoms with Crippen molar-refractivity contribution in [2.75, 3.05) is 56.4 Å². The lowest BCUT2D eigenvalue weighted by Gasteiger charge is -2.38. The van der Waals surface area contributed by atoms with Gasteiger partial charge in [0, 0.05) is 62.9 Å². The number of likely N-dealkylation sites (N-methyl/N-ethyl adjacent to an activating group) is 7. The highest BCUT2D eigenvalue weighted by atomic mass is 16.5. The highest BCUT2D eigenvalue weighted by Gasteiger charge is 2.43. The van der Waals surface area contributed by atoms with Crippen LogP contribution >= 0.6 is 0 Å². The zero-order valence-corrected chi connectivity index (χ0v) is 52.8. The Labute approximate surface area is 483 Å². The molecule has 4 N–H and O–H groups in total. The van der Waals surface area contributed by atoms with E-state index >= 15 is 0 Å². The van der Waals surface area contributed by atoms with Gasteiger partial charge in [0.2, 0.25) is 41.4 Å². The Bertz CT molecular complexity index is 2280. The Kier molecular flexibility index (Phi) is 29.0. The number of urea groups is 2. The number of amides is 13. The summed E-state index contributed by atoms with van der Waals surface area (Å²) in [5, 5.41) is 10.5. The summed E-state index contributed by atoms with van der Waals surface area (Å²) >= 11 is 0. The van der Waals surface area contributed by atoms with E-state index in [9.17, 15) is 52.7 Å². The summed E-state index contributed by atoms with van der Waals surface area (Å²) < 4.78 is 5.69. The van der Waals surface area contributed by atoms with Crippen molar-refractivity contribution >= 4 is 65.2 Å². The number of hydrogen-bond donors (Lipinski definition) is 4. The highest BCUT2D eigenvalue weighted by Crippen LogP contribution is 2.25. The van der Waals surface area contributed by atoms with Crippen molar-refractivity contribution in [3.8, 4) is 0 Å². The first-order valence-corrected chi connectivity index (χ1v) is 28.3. The zero-order valence-electron chi connectivity index (χ0n) is 52.8. The van der Waals surface area contributed by atoms with Crippen LogP contribution in [-0.2, 0) is 47.9 Å². The summed E-state index contributed by atoms with van der Waals surface area (Å²) in [7, 11) is 10.8. The molecule has 460 valence electrons. The van der Waals surface area contributed by atoms with Gasteiger partial charge >= 0.3 is 12.1 Å². The molecule has 23 heteroatoms. The molecule has 0 saturated carbocycles.